The molecule has 13 heavy (non-hydrogen) atoms. The summed E-state index contributed by atoms with van der Waals surface area (Å²) in [4.78, 5) is 0. The molecule has 0 heterocycles. The van der Waals surface area contributed by atoms with Gasteiger partial charge in [0, 0.05) is 12.5 Å². The highest BCUT2D eigenvalue weighted by atomic mass is 14.7. The summed E-state index contributed by atoms with van der Waals surface area (Å²) < 4.78 is 0. The van der Waals surface area contributed by atoms with Gasteiger partial charge in [-0.2, -0.15) is 0 Å². The second-order valence-corrected chi connectivity index (χ2v) is 4.25. The Labute approximate surface area is 82.1 Å². The second-order valence-electron chi connectivity index (χ2n) is 4.25. The molecule has 74 valence electrons. The van der Waals surface area contributed by atoms with Crippen LogP contribution < -0.4 is 5.73 Å². The van der Waals surface area contributed by atoms with Crippen molar-refractivity contribution in [1.82, 2.24) is 0 Å². The van der Waals surface area contributed by atoms with Gasteiger partial charge >= 0.3 is 0 Å². The molecule has 1 aliphatic carbocycles. The summed E-state index contributed by atoms with van der Waals surface area (Å²) in [6.07, 6.45) is 12.4. The lowest BCUT2D eigenvalue weighted by atomic mass is 9.93. The first-order valence-corrected chi connectivity index (χ1v) is 5.47. The van der Waals surface area contributed by atoms with Gasteiger partial charge in [-0.15, -0.1) is 12.3 Å². The summed E-state index contributed by atoms with van der Waals surface area (Å²) >= 11 is 0. The van der Waals surface area contributed by atoms with E-state index >= 15 is 0 Å². The van der Waals surface area contributed by atoms with Crippen molar-refractivity contribution in [1.29, 1.82) is 0 Å². The van der Waals surface area contributed by atoms with Crippen LogP contribution in [-0.2, 0) is 0 Å². The molecule has 0 aromatic rings. The molecule has 1 heteroatoms. The van der Waals surface area contributed by atoms with Gasteiger partial charge < -0.3 is 5.73 Å². The molecule has 3 unspecified atom stereocenters. The first-order chi connectivity index (χ1) is 6.27. The normalized spacial score (nSPS) is 29.9. The third-order valence-corrected chi connectivity index (χ3v) is 3.39. The zero-order valence-electron chi connectivity index (χ0n) is 8.63. The summed E-state index contributed by atoms with van der Waals surface area (Å²) in [5, 5.41) is 0. The van der Waals surface area contributed by atoms with Gasteiger partial charge in [0.2, 0.25) is 0 Å². The van der Waals surface area contributed by atoms with Crippen molar-refractivity contribution in [3.8, 4) is 12.3 Å². The second kappa shape index (κ2) is 5.29. The maximum absolute atomic E-state index is 6.09. The van der Waals surface area contributed by atoms with E-state index in [1.165, 1.54) is 25.7 Å². The molecule has 1 fully saturated rings. The lowest BCUT2D eigenvalue weighted by Gasteiger charge is -2.18. The Balaban J connectivity index is 2.25. The number of terminal acetylenes is 1. The standard InChI is InChI=1S/C12H21N/c1-3-5-6-12(13)11-8-7-10(4-2)9-11/h1,10-12H,4-9,13H2,2H3. The summed E-state index contributed by atoms with van der Waals surface area (Å²) in [7, 11) is 0. The smallest absolute Gasteiger partial charge is 0.0101 e. The van der Waals surface area contributed by atoms with Gasteiger partial charge in [-0.3, -0.25) is 0 Å². The lowest BCUT2D eigenvalue weighted by Crippen LogP contribution is -2.28. The SMILES string of the molecule is C#CCCC(N)C1CCC(CC)C1. The van der Waals surface area contributed by atoms with Crippen LogP contribution in [0.4, 0.5) is 0 Å². The monoisotopic (exact) mass is 179 g/mol. The van der Waals surface area contributed by atoms with Crippen LogP contribution in [-0.4, -0.2) is 6.04 Å². The fraction of sp³-hybridized carbons (Fsp3) is 0.833. The summed E-state index contributed by atoms with van der Waals surface area (Å²) in [5.74, 6) is 4.35. The Hall–Kier alpha value is -0.480. The fourth-order valence-electron chi connectivity index (χ4n) is 2.36. The van der Waals surface area contributed by atoms with Gasteiger partial charge in [-0.25, -0.2) is 0 Å². The van der Waals surface area contributed by atoms with E-state index < -0.39 is 0 Å². The Morgan fingerprint density at radius 2 is 2.31 bits per heavy atom. The van der Waals surface area contributed by atoms with E-state index in [0.29, 0.717) is 6.04 Å². The van der Waals surface area contributed by atoms with Crippen molar-refractivity contribution < 1.29 is 0 Å². The Morgan fingerprint density at radius 3 is 2.85 bits per heavy atom. The van der Waals surface area contributed by atoms with Crippen molar-refractivity contribution in [2.45, 2.75) is 51.5 Å². The number of nitrogens with two attached hydrogens (primary N) is 1. The maximum atomic E-state index is 6.09. The molecule has 1 saturated carbocycles. The van der Waals surface area contributed by atoms with Gasteiger partial charge in [-0.05, 0) is 31.1 Å². The summed E-state index contributed by atoms with van der Waals surface area (Å²) in [6, 6.07) is 0.354. The highest BCUT2D eigenvalue weighted by Crippen LogP contribution is 2.35. The molecule has 0 amide bonds. The molecule has 1 rings (SSSR count). The third-order valence-electron chi connectivity index (χ3n) is 3.39. The van der Waals surface area contributed by atoms with E-state index in [4.69, 9.17) is 12.2 Å². The van der Waals surface area contributed by atoms with E-state index in [-0.39, 0.29) is 0 Å². The number of rotatable bonds is 4. The first-order valence-electron chi connectivity index (χ1n) is 5.47. The minimum atomic E-state index is 0.354. The summed E-state index contributed by atoms with van der Waals surface area (Å²) in [6.45, 7) is 2.28. The summed E-state index contributed by atoms with van der Waals surface area (Å²) in [5.41, 5.74) is 6.09. The molecule has 0 aromatic heterocycles. The minimum absolute atomic E-state index is 0.354. The molecule has 0 saturated heterocycles. The average Bonchev–Trinajstić information content (AvgIpc) is 2.62. The van der Waals surface area contributed by atoms with Crippen molar-refractivity contribution in [3.63, 3.8) is 0 Å². The van der Waals surface area contributed by atoms with E-state index in [1.807, 2.05) is 0 Å². The molecule has 0 aromatic carbocycles. The van der Waals surface area contributed by atoms with Crippen LogP contribution in [0.15, 0.2) is 0 Å². The number of hydrogen-bond donors (Lipinski definition) is 1. The maximum Gasteiger partial charge on any atom is 0.0101 e. The molecule has 0 bridgehead atoms. The van der Waals surface area contributed by atoms with E-state index in [0.717, 1.165) is 24.7 Å². The van der Waals surface area contributed by atoms with Crippen LogP contribution in [0.2, 0.25) is 0 Å². The van der Waals surface area contributed by atoms with Crippen molar-refractivity contribution in [2.75, 3.05) is 0 Å². The predicted molar refractivity (Wildman–Crippen MR) is 57.2 cm³/mol. The minimum Gasteiger partial charge on any atom is -0.327 e. The van der Waals surface area contributed by atoms with Crippen LogP contribution in [0.25, 0.3) is 0 Å². The van der Waals surface area contributed by atoms with E-state index in [9.17, 15) is 0 Å². The molecule has 1 aliphatic rings. The quantitative estimate of drug-likeness (QED) is 0.659. The Morgan fingerprint density at radius 1 is 1.54 bits per heavy atom. The van der Waals surface area contributed by atoms with Crippen LogP contribution in [0.3, 0.4) is 0 Å². The Kier molecular flexibility index (Phi) is 4.32. The molecular weight excluding hydrogens is 158 g/mol. The molecule has 3 atom stereocenters. The van der Waals surface area contributed by atoms with Crippen LogP contribution in [0, 0.1) is 24.2 Å². The van der Waals surface area contributed by atoms with Crippen LogP contribution in [0.5, 0.6) is 0 Å². The van der Waals surface area contributed by atoms with Crippen molar-refractivity contribution >= 4 is 0 Å². The third kappa shape index (κ3) is 3.04. The molecule has 0 spiro atoms. The zero-order valence-corrected chi connectivity index (χ0v) is 8.63. The molecular formula is C12H21N. The number of hydrogen-bond acceptors (Lipinski definition) is 1. The highest BCUT2D eigenvalue weighted by molar-refractivity contribution is 4.88. The Bertz CT molecular complexity index is 180. The highest BCUT2D eigenvalue weighted by Gasteiger charge is 2.27. The molecule has 0 radical (unpaired) electrons. The van der Waals surface area contributed by atoms with Crippen LogP contribution >= 0.6 is 0 Å². The first kappa shape index (κ1) is 10.6. The van der Waals surface area contributed by atoms with E-state index in [2.05, 4.69) is 12.8 Å². The van der Waals surface area contributed by atoms with Gasteiger partial charge in [0.15, 0.2) is 0 Å². The molecule has 1 nitrogen and oxygen atoms in total. The predicted octanol–water partition coefficient (Wildman–Crippen LogP) is 2.55. The van der Waals surface area contributed by atoms with Crippen LogP contribution in [0.1, 0.15) is 45.4 Å². The van der Waals surface area contributed by atoms with E-state index in [1.54, 1.807) is 0 Å². The van der Waals surface area contributed by atoms with Gasteiger partial charge in [-0.1, -0.05) is 19.8 Å². The van der Waals surface area contributed by atoms with Gasteiger partial charge in [0.05, 0.1) is 0 Å². The van der Waals surface area contributed by atoms with Gasteiger partial charge in [0.25, 0.3) is 0 Å². The molecule has 2 N–H and O–H groups in total. The average molecular weight is 179 g/mol. The van der Waals surface area contributed by atoms with Gasteiger partial charge in [0.1, 0.15) is 0 Å². The van der Waals surface area contributed by atoms with Crippen molar-refractivity contribution in [3.05, 3.63) is 0 Å². The largest absolute Gasteiger partial charge is 0.327 e. The fourth-order valence-corrected chi connectivity index (χ4v) is 2.36. The lowest BCUT2D eigenvalue weighted by molar-refractivity contribution is 0.393. The van der Waals surface area contributed by atoms with Crippen molar-refractivity contribution in [2.24, 2.45) is 17.6 Å². The molecule has 0 aliphatic heterocycles. The zero-order chi connectivity index (χ0) is 9.68. The topological polar surface area (TPSA) is 26.0 Å².